The van der Waals surface area contributed by atoms with Gasteiger partial charge in [-0.1, -0.05) is 23.7 Å². The van der Waals surface area contributed by atoms with Crippen molar-refractivity contribution >= 4 is 38.9 Å². The standard InChI is InChI=1S/C19H18ClN3O3S/c1-27(25,26)15-4-2-3-14(10-15)23-19(24)16-6-5-12(8-17(16)20)7-13-9-18(21)22-11-13/h2-6,8-11,22H,7,21H2,1H3,(H,23,24). The number of carbonyl (C=O) groups is 1. The minimum Gasteiger partial charge on any atom is -0.385 e. The predicted octanol–water partition coefficient (Wildman–Crippen LogP) is 3.50. The molecule has 0 saturated heterocycles. The maximum atomic E-state index is 12.5. The van der Waals surface area contributed by atoms with E-state index in [1.807, 2.05) is 18.3 Å². The van der Waals surface area contributed by atoms with Gasteiger partial charge in [0.25, 0.3) is 5.91 Å². The molecule has 0 bridgehead atoms. The normalized spacial score (nSPS) is 11.3. The summed E-state index contributed by atoms with van der Waals surface area (Å²) in [6.45, 7) is 0. The molecule has 8 heteroatoms. The van der Waals surface area contributed by atoms with Gasteiger partial charge in [-0.2, -0.15) is 0 Å². The van der Waals surface area contributed by atoms with Crippen LogP contribution in [-0.4, -0.2) is 25.6 Å². The lowest BCUT2D eigenvalue weighted by atomic mass is 10.1. The van der Waals surface area contributed by atoms with Crippen LogP contribution in [0, 0.1) is 0 Å². The van der Waals surface area contributed by atoms with Gasteiger partial charge < -0.3 is 16.0 Å². The molecule has 1 heterocycles. The number of rotatable bonds is 5. The fourth-order valence-electron chi connectivity index (χ4n) is 2.65. The number of nitrogen functional groups attached to an aromatic ring is 1. The van der Waals surface area contributed by atoms with E-state index in [0.29, 0.717) is 28.5 Å². The summed E-state index contributed by atoms with van der Waals surface area (Å²) >= 11 is 6.28. The summed E-state index contributed by atoms with van der Waals surface area (Å²) in [6, 6.07) is 13.1. The van der Waals surface area contributed by atoms with Crippen LogP contribution in [0.4, 0.5) is 11.5 Å². The van der Waals surface area contributed by atoms with Gasteiger partial charge in [0.15, 0.2) is 9.84 Å². The molecule has 3 rings (SSSR count). The number of nitrogens with one attached hydrogen (secondary N) is 2. The summed E-state index contributed by atoms with van der Waals surface area (Å²) in [4.78, 5) is 15.5. The second-order valence-electron chi connectivity index (χ2n) is 6.21. The Morgan fingerprint density at radius 2 is 1.93 bits per heavy atom. The molecule has 6 nitrogen and oxygen atoms in total. The molecule has 1 aromatic heterocycles. The first-order valence-corrected chi connectivity index (χ1v) is 10.3. The highest BCUT2D eigenvalue weighted by molar-refractivity contribution is 7.90. The van der Waals surface area contributed by atoms with Crippen molar-refractivity contribution < 1.29 is 13.2 Å². The lowest BCUT2D eigenvalue weighted by Gasteiger charge is -2.09. The first-order chi connectivity index (χ1) is 12.7. The molecule has 0 spiro atoms. The summed E-state index contributed by atoms with van der Waals surface area (Å²) in [5, 5.41) is 2.99. The second-order valence-corrected chi connectivity index (χ2v) is 8.63. The van der Waals surface area contributed by atoms with Gasteiger partial charge in [-0.3, -0.25) is 4.79 Å². The zero-order valence-corrected chi connectivity index (χ0v) is 16.1. The summed E-state index contributed by atoms with van der Waals surface area (Å²) in [7, 11) is -3.36. The molecule has 0 aliphatic rings. The third kappa shape index (κ3) is 4.69. The highest BCUT2D eigenvalue weighted by atomic mass is 35.5. The van der Waals surface area contributed by atoms with Gasteiger partial charge in [-0.25, -0.2) is 8.42 Å². The van der Waals surface area contributed by atoms with E-state index in [2.05, 4.69) is 10.3 Å². The Labute approximate surface area is 162 Å². The SMILES string of the molecule is CS(=O)(=O)c1cccc(NC(=O)c2ccc(Cc3c[nH]c(N)c3)cc2Cl)c1. The fourth-order valence-corrected chi connectivity index (χ4v) is 3.61. The van der Waals surface area contributed by atoms with Crippen LogP contribution in [0.25, 0.3) is 0 Å². The Hall–Kier alpha value is -2.77. The molecule has 0 saturated carbocycles. The maximum Gasteiger partial charge on any atom is 0.257 e. The molecule has 2 aromatic carbocycles. The minimum absolute atomic E-state index is 0.132. The van der Waals surface area contributed by atoms with E-state index >= 15 is 0 Å². The van der Waals surface area contributed by atoms with E-state index in [1.54, 1.807) is 24.3 Å². The number of aromatic amines is 1. The lowest BCUT2D eigenvalue weighted by molar-refractivity contribution is 0.102. The maximum absolute atomic E-state index is 12.5. The Kier molecular flexibility index (Phi) is 5.25. The molecular weight excluding hydrogens is 386 g/mol. The molecule has 0 aliphatic heterocycles. The number of anilines is 2. The number of nitrogens with two attached hydrogens (primary N) is 1. The van der Waals surface area contributed by atoms with E-state index in [-0.39, 0.29) is 4.90 Å². The van der Waals surface area contributed by atoms with Crippen molar-refractivity contribution in [2.24, 2.45) is 0 Å². The van der Waals surface area contributed by atoms with E-state index in [0.717, 1.165) is 17.4 Å². The van der Waals surface area contributed by atoms with Gasteiger partial charge in [0.1, 0.15) is 5.82 Å². The number of hydrogen-bond acceptors (Lipinski definition) is 4. The van der Waals surface area contributed by atoms with Gasteiger partial charge in [-0.15, -0.1) is 0 Å². The third-order valence-electron chi connectivity index (χ3n) is 3.97. The third-order valence-corrected chi connectivity index (χ3v) is 5.39. The first kappa shape index (κ1) is 19.0. The smallest absolute Gasteiger partial charge is 0.257 e. The summed E-state index contributed by atoms with van der Waals surface area (Å²) in [6.07, 6.45) is 3.56. The van der Waals surface area contributed by atoms with Crippen molar-refractivity contribution in [1.82, 2.24) is 4.98 Å². The van der Waals surface area contributed by atoms with Gasteiger partial charge >= 0.3 is 0 Å². The second kappa shape index (κ2) is 7.46. The zero-order valence-electron chi connectivity index (χ0n) is 14.5. The Balaban J connectivity index is 1.77. The van der Waals surface area contributed by atoms with Crippen molar-refractivity contribution in [2.45, 2.75) is 11.3 Å². The molecule has 0 unspecified atom stereocenters. The van der Waals surface area contributed by atoms with E-state index in [1.165, 1.54) is 12.1 Å². The van der Waals surface area contributed by atoms with Gasteiger partial charge in [0.2, 0.25) is 0 Å². The van der Waals surface area contributed by atoms with E-state index < -0.39 is 15.7 Å². The quantitative estimate of drug-likeness (QED) is 0.606. The number of H-pyrrole nitrogens is 1. The van der Waals surface area contributed by atoms with Crippen LogP contribution >= 0.6 is 11.6 Å². The highest BCUT2D eigenvalue weighted by Crippen LogP contribution is 2.22. The Morgan fingerprint density at radius 3 is 2.56 bits per heavy atom. The van der Waals surface area contributed by atoms with Crippen LogP contribution in [-0.2, 0) is 16.3 Å². The number of carbonyl (C=O) groups excluding carboxylic acids is 1. The number of hydrogen-bond donors (Lipinski definition) is 3. The zero-order chi connectivity index (χ0) is 19.6. The van der Waals surface area contributed by atoms with Crippen LogP contribution in [0.3, 0.4) is 0 Å². The van der Waals surface area contributed by atoms with Gasteiger partial charge in [0, 0.05) is 18.1 Å². The van der Waals surface area contributed by atoms with Crippen molar-refractivity contribution in [2.75, 3.05) is 17.3 Å². The number of halogens is 1. The molecule has 0 atom stereocenters. The highest BCUT2D eigenvalue weighted by Gasteiger charge is 2.13. The number of aromatic nitrogens is 1. The van der Waals surface area contributed by atoms with Crippen molar-refractivity contribution in [3.8, 4) is 0 Å². The van der Waals surface area contributed by atoms with Gasteiger partial charge in [0.05, 0.1) is 15.5 Å². The van der Waals surface area contributed by atoms with E-state index in [4.69, 9.17) is 17.3 Å². The largest absolute Gasteiger partial charge is 0.385 e. The molecular formula is C19H18ClN3O3S. The van der Waals surface area contributed by atoms with E-state index in [9.17, 15) is 13.2 Å². The summed E-state index contributed by atoms with van der Waals surface area (Å²) in [5.41, 5.74) is 8.30. The topological polar surface area (TPSA) is 105 Å². The van der Waals surface area contributed by atoms with Crippen LogP contribution < -0.4 is 11.1 Å². The van der Waals surface area contributed by atoms with Crippen molar-refractivity contribution in [3.05, 3.63) is 76.4 Å². The first-order valence-electron chi connectivity index (χ1n) is 8.05. The van der Waals surface area contributed by atoms with Crippen molar-refractivity contribution in [3.63, 3.8) is 0 Å². The minimum atomic E-state index is -3.36. The molecule has 4 N–H and O–H groups in total. The van der Waals surface area contributed by atoms with Crippen LogP contribution in [0.5, 0.6) is 0 Å². The summed E-state index contributed by atoms with van der Waals surface area (Å²) in [5.74, 6) is 0.173. The van der Waals surface area contributed by atoms with Crippen LogP contribution in [0.1, 0.15) is 21.5 Å². The number of amides is 1. The molecule has 0 radical (unpaired) electrons. The Morgan fingerprint density at radius 1 is 1.15 bits per heavy atom. The van der Waals surface area contributed by atoms with Crippen LogP contribution in [0.15, 0.2) is 59.6 Å². The fraction of sp³-hybridized carbons (Fsp3) is 0.105. The lowest BCUT2D eigenvalue weighted by Crippen LogP contribution is -2.13. The predicted molar refractivity (Wildman–Crippen MR) is 107 cm³/mol. The van der Waals surface area contributed by atoms with Crippen LogP contribution in [0.2, 0.25) is 5.02 Å². The van der Waals surface area contributed by atoms with Crippen molar-refractivity contribution in [1.29, 1.82) is 0 Å². The molecule has 3 aromatic rings. The van der Waals surface area contributed by atoms with Gasteiger partial charge in [-0.05, 0) is 53.9 Å². The molecule has 0 fully saturated rings. The molecule has 27 heavy (non-hydrogen) atoms. The molecule has 140 valence electrons. The monoisotopic (exact) mass is 403 g/mol. The molecule has 1 amide bonds. The Bertz CT molecular complexity index is 1110. The number of benzene rings is 2. The average Bonchev–Trinajstić information content (AvgIpc) is 2.99. The summed E-state index contributed by atoms with van der Waals surface area (Å²) < 4.78 is 23.3. The average molecular weight is 404 g/mol. The number of sulfone groups is 1. The molecule has 0 aliphatic carbocycles.